The molecular formula is C18H16N2O3. The molecule has 0 unspecified atom stereocenters. The molecule has 0 spiro atoms. The van der Waals surface area contributed by atoms with E-state index in [1.807, 2.05) is 31.2 Å². The van der Waals surface area contributed by atoms with Crippen molar-refractivity contribution in [2.75, 3.05) is 13.2 Å². The molecule has 0 N–H and O–H groups in total. The summed E-state index contributed by atoms with van der Waals surface area (Å²) in [7, 11) is 0. The highest BCUT2D eigenvalue weighted by Crippen LogP contribution is 2.16. The Morgan fingerprint density at radius 1 is 1.00 bits per heavy atom. The van der Waals surface area contributed by atoms with Crippen LogP contribution in [0.25, 0.3) is 11.0 Å². The molecule has 5 heteroatoms. The van der Waals surface area contributed by atoms with Gasteiger partial charge in [-0.1, -0.05) is 18.2 Å². The second-order valence-electron chi connectivity index (χ2n) is 5.01. The van der Waals surface area contributed by atoms with E-state index < -0.39 is 5.97 Å². The average molecular weight is 308 g/mol. The van der Waals surface area contributed by atoms with E-state index >= 15 is 0 Å². The number of nitrogens with zero attached hydrogens (tertiary/aromatic N) is 2. The van der Waals surface area contributed by atoms with Gasteiger partial charge in [0.1, 0.15) is 19.0 Å². The number of hydrogen-bond donors (Lipinski definition) is 0. The van der Waals surface area contributed by atoms with Gasteiger partial charge < -0.3 is 9.47 Å². The first-order chi connectivity index (χ1) is 11.2. The quantitative estimate of drug-likeness (QED) is 0.535. The van der Waals surface area contributed by atoms with E-state index in [-0.39, 0.29) is 6.61 Å². The van der Waals surface area contributed by atoms with Crippen molar-refractivity contribution in [2.24, 2.45) is 0 Å². The minimum Gasteiger partial charge on any atom is -0.490 e. The van der Waals surface area contributed by atoms with Crippen molar-refractivity contribution in [1.29, 1.82) is 0 Å². The minimum atomic E-state index is -0.397. The first-order valence-corrected chi connectivity index (χ1v) is 7.30. The molecule has 1 aromatic heterocycles. The molecule has 0 bridgehead atoms. The van der Waals surface area contributed by atoms with Gasteiger partial charge in [0.05, 0.1) is 16.6 Å². The summed E-state index contributed by atoms with van der Waals surface area (Å²) in [6, 6.07) is 12.8. The summed E-state index contributed by atoms with van der Waals surface area (Å²) in [5.74, 6) is 0.399. The molecule has 0 atom stereocenters. The van der Waals surface area contributed by atoms with Crippen molar-refractivity contribution >= 4 is 17.0 Å². The molecule has 0 aliphatic rings. The number of aromatic nitrogens is 2. The molecule has 3 aromatic rings. The molecule has 0 amide bonds. The lowest BCUT2D eigenvalue weighted by Gasteiger charge is -2.09. The third kappa shape index (κ3) is 3.63. The van der Waals surface area contributed by atoms with Gasteiger partial charge in [-0.15, -0.1) is 0 Å². The van der Waals surface area contributed by atoms with Gasteiger partial charge in [0.2, 0.25) is 0 Å². The minimum absolute atomic E-state index is 0.186. The third-order valence-electron chi connectivity index (χ3n) is 3.37. The lowest BCUT2D eigenvalue weighted by atomic mass is 10.2. The number of rotatable bonds is 5. The van der Waals surface area contributed by atoms with Crippen LogP contribution in [0.5, 0.6) is 5.75 Å². The molecular weight excluding hydrogens is 292 g/mol. The van der Waals surface area contributed by atoms with Crippen molar-refractivity contribution < 1.29 is 14.3 Å². The predicted octanol–water partition coefficient (Wildman–Crippen LogP) is 3.17. The molecule has 0 saturated carbocycles. The summed E-state index contributed by atoms with van der Waals surface area (Å²) in [5, 5.41) is 0. The molecule has 2 aromatic carbocycles. The number of esters is 1. The van der Waals surface area contributed by atoms with Crippen molar-refractivity contribution in [3.63, 3.8) is 0 Å². The summed E-state index contributed by atoms with van der Waals surface area (Å²) in [6.07, 6.45) is 3.21. The van der Waals surface area contributed by atoms with Crippen LogP contribution in [0, 0.1) is 6.92 Å². The van der Waals surface area contributed by atoms with Gasteiger partial charge >= 0.3 is 5.97 Å². The Morgan fingerprint density at radius 2 is 1.78 bits per heavy atom. The smallest absolute Gasteiger partial charge is 0.338 e. The van der Waals surface area contributed by atoms with Crippen LogP contribution in [0.4, 0.5) is 0 Å². The van der Waals surface area contributed by atoms with Crippen molar-refractivity contribution in [2.45, 2.75) is 6.92 Å². The van der Waals surface area contributed by atoms with Crippen molar-refractivity contribution in [3.8, 4) is 5.75 Å². The van der Waals surface area contributed by atoms with E-state index in [0.29, 0.717) is 17.7 Å². The summed E-state index contributed by atoms with van der Waals surface area (Å²) in [5.41, 5.74) is 2.91. The highest BCUT2D eigenvalue weighted by molar-refractivity contribution is 5.93. The standard InChI is InChI=1S/C18H16N2O3/c1-13-4-2-3-5-17(13)22-10-11-23-18(21)14-6-7-15-16(12-14)20-9-8-19-15/h2-9,12H,10-11H2,1H3. The summed E-state index contributed by atoms with van der Waals surface area (Å²) < 4.78 is 10.8. The highest BCUT2D eigenvalue weighted by Gasteiger charge is 2.09. The normalized spacial score (nSPS) is 10.5. The van der Waals surface area contributed by atoms with Gasteiger partial charge in [0, 0.05) is 12.4 Å². The fraction of sp³-hybridized carbons (Fsp3) is 0.167. The molecule has 116 valence electrons. The number of carbonyl (C=O) groups is 1. The zero-order valence-corrected chi connectivity index (χ0v) is 12.7. The summed E-state index contributed by atoms with van der Waals surface area (Å²) in [6.45, 7) is 2.47. The average Bonchev–Trinajstić information content (AvgIpc) is 2.59. The van der Waals surface area contributed by atoms with Gasteiger partial charge in [0.15, 0.2) is 0 Å². The van der Waals surface area contributed by atoms with Crippen LogP contribution in [0.2, 0.25) is 0 Å². The van der Waals surface area contributed by atoms with E-state index in [2.05, 4.69) is 9.97 Å². The fourth-order valence-electron chi connectivity index (χ4n) is 2.18. The molecule has 5 nitrogen and oxygen atoms in total. The number of ether oxygens (including phenoxy) is 2. The number of benzene rings is 2. The van der Waals surface area contributed by atoms with E-state index in [1.54, 1.807) is 30.6 Å². The summed E-state index contributed by atoms with van der Waals surface area (Å²) >= 11 is 0. The Kier molecular flexibility index (Phi) is 4.47. The van der Waals surface area contributed by atoms with Crippen molar-refractivity contribution in [3.05, 3.63) is 66.0 Å². The lowest BCUT2D eigenvalue weighted by molar-refractivity contribution is 0.0450. The Bertz CT molecular complexity index is 833. The molecule has 0 aliphatic carbocycles. The molecule has 0 radical (unpaired) electrons. The SMILES string of the molecule is Cc1ccccc1OCCOC(=O)c1ccc2nccnc2c1. The second kappa shape index (κ2) is 6.87. The molecule has 3 rings (SSSR count). The summed E-state index contributed by atoms with van der Waals surface area (Å²) in [4.78, 5) is 20.4. The number of carbonyl (C=O) groups excluding carboxylic acids is 1. The molecule has 23 heavy (non-hydrogen) atoms. The van der Waals surface area contributed by atoms with E-state index in [4.69, 9.17) is 9.47 Å². The number of fused-ring (bicyclic) bond motifs is 1. The van der Waals surface area contributed by atoms with Crippen LogP contribution in [0.15, 0.2) is 54.9 Å². The van der Waals surface area contributed by atoms with Gasteiger partial charge in [-0.3, -0.25) is 9.97 Å². The van der Waals surface area contributed by atoms with Gasteiger partial charge in [-0.2, -0.15) is 0 Å². The third-order valence-corrected chi connectivity index (χ3v) is 3.37. The van der Waals surface area contributed by atoms with Crippen LogP contribution in [-0.2, 0) is 4.74 Å². The predicted molar refractivity (Wildman–Crippen MR) is 86.5 cm³/mol. The van der Waals surface area contributed by atoms with Crippen LogP contribution < -0.4 is 4.74 Å². The van der Waals surface area contributed by atoms with E-state index in [1.165, 1.54) is 0 Å². The molecule has 0 saturated heterocycles. The van der Waals surface area contributed by atoms with Crippen LogP contribution in [0.3, 0.4) is 0 Å². The highest BCUT2D eigenvalue weighted by atomic mass is 16.6. The Hall–Kier alpha value is -2.95. The fourth-order valence-corrected chi connectivity index (χ4v) is 2.18. The van der Waals surface area contributed by atoms with Crippen LogP contribution >= 0.6 is 0 Å². The Labute approximate surface area is 133 Å². The zero-order chi connectivity index (χ0) is 16.1. The number of hydrogen-bond acceptors (Lipinski definition) is 5. The van der Waals surface area contributed by atoms with Crippen LogP contribution in [-0.4, -0.2) is 29.2 Å². The maximum absolute atomic E-state index is 12.0. The van der Waals surface area contributed by atoms with E-state index in [9.17, 15) is 4.79 Å². The first-order valence-electron chi connectivity index (χ1n) is 7.30. The first kappa shape index (κ1) is 15.0. The number of aryl methyl sites for hydroxylation is 1. The monoisotopic (exact) mass is 308 g/mol. The lowest BCUT2D eigenvalue weighted by Crippen LogP contribution is -2.12. The Balaban J connectivity index is 1.55. The van der Waals surface area contributed by atoms with Gasteiger partial charge in [0.25, 0.3) is 0 Å². The van der Waals surface area contributed by atoms with Crippen LogP contribution in [0.1, 0.15) is 15.9 Å². The van der Waals surface area contributed by atoms with Gasteiger partial charge in [-0.05, 0) is 36.8 Å². The molecule has 1 heterocycles. The number of para-hydroxylation sites is 1. The van der Waals surface area contributed by atoms with Crippen molar-refractivity contribution in [1.82, 2.24) is 9.97 Å². The zero-order valence-electron chi connectivity index (χ0n) is 12.7. The maximum atomic E-state index is 12.0. The molecule has 0 aliphatic heterocycles. The second-order valence-corrected chi connectivity index (χ2v) is 5.01. The Morgan fingerprint density at radius 3 is 2.61 bits per heavy atom. The van der Waals surface area contributed by atoms with Gasteiger partial charge in [-0.25, -0.2) is 4.79 Å². The molecule has 0 fully saturated rings. The van der Waals surface area contributed by atoms with E-state index in [0.717, 1.165) is 16.8 Å². The maximum Gasteiger partial charge on any atom is 0.338 e. The topological polar surface area (TPSA) is 61.3 Å². The largest absolute Gasteiger partial charge is 0.490 e.